The third kappa shape index (κ3) is 14.1. The van der Waals surface area contributed by atoms with E-state index < -0.39 is 36.0 Å². The quantitative estimate of drug-likeness (QED) is 0.0386. The van der Waals surface area contributed by atoms with Crippen LogP contribution in [-0.4, -0.2) is 132 Å². The summed E-state index contributed by atoms with van der Waals surface area (Å²) in [4.78, 5) is 94.9. The molecule has 4 atom stereocenters. The number of nitrogens with one attached hydrogen (secondary N) is 3. The van der Waals surface area contributed by atoms with Crippen molar-refractivity contribution in [1.82, 2.24) is 25.8 Å². The summed E-state index contributed by atoms with van der Waals surface area (Å²) in [6.45, 7) is 2.51. The lowest BCUT2D eigenvalue weighted by Crippen LogP contribution is -2.52. The minimum atomic E-state index is -0.831. The van der Waals surface area contributed by atoms with E-state index in [1.165, 1.54) is 26.2 Å². The van der Waals surface area contributed by atoms with Crippen molar-refractivity contribution in [2.45, 2.75) is 102 Å². The fourth-order valence-electron chi connectivity index (χ4n) is 9.94. The molecule has 0 bridgehead atoms. The summed E-state index contributed by atoms with van der Waals surface area (Å²) in [7, 11) is 7.68. The molecule has 7 rings (SSSR count). The van der Waals surface area contributed by atoms with E-state index in [9.17, 15) is 33.6 Å². The number of hydrogen-bond acceptors (Lipinski definition) is 15. The number of methoxy groups -OCH3 is 5. The van der Waals surface area contributed by atoms with Crippen molar-refractivity contribution < 1.29 is 71.5 Å². The molecule has 0 radical (unpaired) electrons. The van der Waals surface area contributed by atoms with Gasteiger partial charge in [-0.1, -0.05) is 31.2 Å². The Morgan fingerprint density at radius 2 is 1.40 bits per heavy atom. The van der Waals surface area contributed by atoms with Crippen LogP contribution in [0.1, 0.15) is 109 Å². The molecule has 20 nitrogen and oxygen atoms in total. The van der Waals surface area contributed by atoms with Gasteiger partial charge in [-0.3, -0.25) is 34.1 Å². The average Bonchev–Trinajstić information content (AvgIpc) is 3.81. The molecular formula is C57H69N5O15. The summed E-state index contributed by atoms with van der Waals surface area (Å²) in [6.07, 6.45) is 3.94. The van der Waals surface area contributed by atoms with Crippen molar-refractivity contribution >= 4 is 41.4 Å². The molecule has 0 saturated carbocycles. The van der Waals surface area contributed by atoms with Crippen LogP contribution in [0.15, 0.2) is 72.8 Å². The molecule has 4 aromatic carbocycles. The molecule has 4 aromatic rings. The number of hydrogen-bond donors (Lipinski definition) is 3. The van der Waals surface area contributed by atoms with Gasteiger partial charge in [0.2, 0.25) is 23.5 Å². The number of aryl methyl sites for hydroxylation is 1. The van der Waals surface area contributed by atoms with Crippen LogP contribution in [0.5, 0.6) is 40.2 Å². The molecule has 3 aliphatic rings. The Balaban J connectivity index is 0.916. The molecule has 77 heavy (non-hydrogen) atoms. The molecule has 3 aliphatic heterocycles. The largest absolute Gasteiger partial charge is 0.493 e. The lowest BCUT2D eigenvalue weighted by atomic mass is 9.91. The summed E-state index contributed by atoms with van der Waals surface area (Å²) >= 11 is 0. The van der Waals surface area contributed by atoms with Crippen molar-refractivity contribution in [2.75, 3.05) is 68.4 Å². The highest BCUT2D eigenvalue weighted by atomic mass is 16.5. The summed E-state index contributed by atoms with van der Waals surface area (Å²) < 4.78 is 45.9. The number of unbranched alkanes of at least 4 members (excludes halogenated alkanes) is 1. The van der Waals surface area contributed by atoms with Gasteiger partial charge in [-0.25, -0.2) is 4.79 Å². The Morgan fingerprint density at radius 3 is 2.06 bits per heavy atom. The number of amides is 6. The Labute approximate surface area is 448 Å². The number of carbonyl (C=O) groups is 7. The minimum Gasteiger partial charge on any atom is -0.493 e. The van der Waals surface area contributed by atoms with Crippen molar-refractivity contribution in [3.63, 3.8) is 0 Å². The molecule has 2 unspecified atom stereocenters. The first-order chi connectivity index (χ1) is 37.3. The second-order valence-electron chi connectivity index (χ2n) is 18.9. The van der Waals surface area contributed by atoms with E-state index in [-0.39, 0.29) is 62.1 Å². The van der Waals surface area contributed by atoms with Gasteiger partial charge in [0.1, 0.15) is 29.7 Å². The molecule has 3 N–H and O–H groups in total. The molecule has 0 aliphatic carbocycles. The highest BCUT2D eigenvalue weighted by Crippen LogP contribution is 2.42. The molecule has 20 heteroatoms. The van der Waals surface area contributed by atoms with Gasteiger partial charge in [0.05, 0.1) is 48.0 Å². The summed E-state index contributed by atoms with van der Waals surface area (Å²) in [5.74, 6) is -0.126. The molecular weight excluding hydrogens is 995 g/mol. The normalized spacial score (nSPS) is 16.8. The first kappa shape index (κ1) is 56.7. The average molecular weight is 1060 g/mol. The van der Waals surface area contributed by atoms with Gasteiger partial charge in [0.25, 0.3) is 17.7 Å². The van der Waals surface area contributed by atoms with Crippen LogP contribution in [0.25, 0.3) is 0 Å². The van der Waals surface area contributed by atoms with E-state index in [0.717, 1.165) is 18.4 Å². The maximum Gasteiger partial charge on any atom is 0.329 e. The highest BCUT2D eigenvalue weighted by molar-refractivity contribution is 6.05. The number of likely N-dealkylation sites (tertiary alicyclic amines) is 1. The standard InChI is InChI=1S/C57H69N5O15/c1-7-39(37-30-48(72-4)53(74-6)49(31-37)73-5)55(67)61-27-11-8-17-43(61)57(69)77-44(22-19-35-20-23-46(70-2)47(28-35)71-3)36-14-12-15-38(29-36)75-33-51(64)58-25-9-10-26-59-52(65)34-76-45-18-13-16-40-41(45)32-62(56(40)68)42-21-24-50(63)60-54(42)66/h12-16,18,20,23,28-31,39,42-44H,7-11,17,19,21-22,24-27,32-34H2,1-6H3,(H,58,64)(H,59,65)(H,60,63,66)/t39-,42?,43-,44?/m0/s1. The summed E-state index contributed by atoms with van der Waals surface area (Å²) in [5, 5.41) is 7.93. The lowest BCUT2D eigenvalue weighted by molar-refractivity contribution is -0.162. The maximum atomic E-state index is 14.5. The predicted molar refractivity (Wildman–Crippen MR) is 280 cm³/mol. The maximum absolute atomic E-state index is 14.5. The second-order valence-corrected chi connectivity index (χ2v) is 18.9. The van der Waals surface area contributed by atoms with Crippen LogP contribution in [0.3, 0.4) is 0 Å². The summed E-state index contributed by atoms with van der Waals surface area (Å²) in [5.41, 5.74) is 3.19. The number of nitrogens with zero attached hydrogens (tertiary/aromatic N) is 2. The third-order valence-electron chi connectivity index (χ3n) is 14.0. The van der Waals surface area contributed by atoms with Gasteiger partial charge >= 0.3 is 5.97 Å². The SMILES string of the molecule is CC[C@H](C(=O)N1CCCC[C@H]1C(=O)OC(CCc1ccc(OC)c(OC)c1)c1cccc(OCC(=O)NCCCCNC(=O)COc2cccc3c2CN(C2CCC(=O)NC2=O)C3=O)c1)c1cc(OC)c(OC)c(OC)c1. The third-order valence-corrected chi connectivity index (χ3v) is 14.0. The molecule has 0 spiro atoms. The van der Waals surface area contributed by atoms with E-state index >= 15 is 0 Å². The first-order valence-corrected chi connectivity index (χ1v) is 26.0. The number of ether oxygens (including phenoxy) is 8. The van der Waals surface area contributed by atoms with Crippen LogP contribution in [0, 0.1) is 0 Å². The minimum absolute atomic E-state index is 0.120. The zero-order chi connectivity index (χ0) is 55.0. The van der Waals surface area contributed by atoms with E-state index in [1.54, 1.807) is 67.7 Å². The van der Waals surface area contributed by atoms with Gasteiger partial charge in [0.15, 0.2) is 36.2 Å². The number of carbonyl (C=O) groups excluding carboxylic acids is 7. The zero-order valence-electron chi connectivity index (χ0n) is 44.6. The van der Waals surface area contributed by atoms with Crippen LogP contribution >= 0.6 is 0 Å². The van der Waals surface area contributed by atoms with Gasteiger partial charge in [0, 0.05) is 37.2 Å². The molecule has 2 saturated heterocycles. The second kappa shape index (κ2) is 27.1. The number of benzene rings is 4. The zero-order valence-corrected chi connectivity index (χ0v) is 44.6. The van der Waals surface area contributed by atoms with E-state index in [4.69, 9.17) is 37.9 Å². The fourth-order valence-corrected chi connectivity index (χ4v) is 9.94. The van der Waals surface area contributed by atoms with E-state index in [2.05, 4.69) is 16.0 Å². The number of esters is 1. The van der Waals surface area contributed by atoms with Crippen molar-refractivity contribution in [1.29, 1.82) is 0 Å². The van der Waals surface area contributed by atoms with Gasteiger partial charge in [-0.15, -0.1) is 0 Å². The number of piperidine rings is 2. The Hall–Kier alpha value is -8.03. The van der Waals surface area contributed by atoms with E-state index in [0.29, 0.717) is 121 Å². The number of imide groups is 1. The van der Waals surface area contributed by atoms with Crippen molar-refractivity contribution in [3.8, 4) is 40.2 Å². The smallest absolute Gasteiger partial charge is 0.329 e. The Bertz CT molecular complexity index is 2760. The van der Waals surface area contributed by atoms with Crippen LogP contribution in [0.4, 0.5) is 0 Å². The van der Waals surface area contributed by atoms with Gasteiger partial charge in [-0.05, 0) is 123 Å². The molecule has 2 fully saturated rings. The fraction of sp³-hybridized carbons (Fsp3) is 0.456. The monoisotopic (exact) mass is 1060 g/mol. The van der Waals surface area contributed by atoms with Crippen LogP contribution < -0.4 is 49.1 Å². The molecule has 412 valence electrons. The van der Waals surface area contributed by atoms with Gasteiger partial charge in [-0.2, -0.15) is 0 Å². The molecule has 0 aromatic heterocycles. The predicted octanol–water partition coefficient (Wildman–Crippen LogP) is 5.75. The lowest BCUT2D eigenvalue weighted by Gasteiger charge is -2.37. The number of rotatable bonds is 26. The van der Waals surface area contributed by atoms with E-state index in [1.807, 2.05) is 31.2 Å². The molecule has 6 amide bonds. The highest BCUT2D eigenvalue weighted by Gasteiger charge is 2.41. The summed E-state index contributed by atoms with van der Waals surface area (Å²) in [6, 6.07) is 19.6. The van der Waals surface area contributed by atoms with Crippen molar-refractivity contribution in [3.05, 3.63) is 101 Å². The Morgan fingerprint density at radius 1 is 0.714 bits per heavy atom. The first-order valence-electron chi connectivity index (χ1n) is 26.0. The topological polar surface area (TPSA) is 236 Å². The van der Waals surface area contributed by atoms with Gasteiger partial charge < -0.3 is 58.3 Å². The molecule has 3 heterocycles. The van der Waals surface area contributed by atoms with Crippen LogP contribution in [0.2, 0.25) is 0 Å². The Kier molecular flexibility index (Phi) is 20.0. The van der Waals surface area contributed by atoms with Crippen LogP contribution in [-0.2, 0) is 46.5 Å². The number of fused-ring (bicyclic) bond motifs is 1. The van der Waals surface area contributed by atoms with Crippen molar-refractivity contribution in [2.24, 2.45) is 0 Å².